The lowest BCUT2D eigenvalue weighted by atomic mass is 9.97. The van der Waals surface area contributed by atoms with Gasteiger partial charge in [-0.15, -0.1) is 0 Å². The van der Waals surface area contributed by atoms with E-state index in [1.807, 2.05) is 18.0 Å². The number of anilines is 2. The van der Waals surface area contributed by atoms with E-state index in [0.717, 1.165) is 5.69 Å². The van der Waals surface area contributed by atoms with Crippen LogP contribution in [0.1, 0.15) is 29.6 Å². The molecule has 0 radical (unpaired) electrons. The van der Waals surface area contributed by atoms with E-state index in [1.54, 1.807) is 17.0 Å². The standard InChI is InChI=1S/C17H21N3O4/c1-19-8-6-15(21)18-13-9-11(4-5-14(13)19)16(22)20-7-2-3-12(10-20)17(23)24/h4-5,9,12H,2-3,6-8,10H2,1H3,(H,18,21)(H,23,24). The molecule has 0 aliphatic carbocycles. The summed E-state index contributed by atoms with van der Waals surface area (Å²) in [7, 11) is 1.91. The largest absolute Gasteiger partial charge is 0.481 e. The molecule has 128 valence electrons. The number of amides is 2. The second-order valence-corrected chi connectivity index (χ2v) is 6.38. The maximum absolute atomic E-state index is 12.7. The molecule has 24 heavy (non-hydrogen) atoms. The van der Waals surface area contributed by atoms with E-state index in [0.29, 0.717) is 43.6 Å². The van der Waals surface area contributed by atoms with Gasteiger partial charge in [-0.2, -0.15) is 0 Å². The van der Waals surface area contributed by atoms with Crippen LogP contribution in [0.4, 0.5) is 11.4 Å². The van der Waals surface area contributed by atoms with Gasteiger partial charge < -0.3 is 20.2 Å². The summed E-state index contributed by atoms with van der Waals surface area (Å²) in [5, 5.41) is 12.0. The lowest BCUT2D eigenvalue weighted by molar-refractivity contribution is -0.143. The van der Waals surface area contributed by atoms with Gasteiger partial charge >= 0.3 is 5.97 Å². The third-order valence-electron chi connectivity index (χ3n) is 4.66. The Kier molecular flexibility index (Phi) is 4.42. The topological polar surface area (TPSA) is 90.0 Å². The van der Waals surface area contributed by atoms with Crippen LogP contribution in [0, 0.1) is 5.92 Å². The molecule has 2 amide bonds. The smallest absolute Gasteiger partial charge is 0.308 e. The van der Waals surface area contributed by atoms with Crippen molar-refractivity contribution in [3.63, 3.8) is 0 Å². The highest BCUT2D eigenvalue weighted by atomic mass is 16.4. The molecule has 1 fully saturated rings. The van der Waals surface area contributed by atoms with E-state index in [4.69, 9.17) is 5.11 Å². The average molecular weight is 331 g/mol. The minimum absolute atomic E-state index is 0.0749. The van der Waals surface area contributed by atoms with Gasteiger partial charge in [0, 0.05) is 38.7 Å². The Morgan fingerprint density at radius 2 is 2.08 bits per heavy atom. The van der Waals surface area contributed by atoms with Gasteiger partial charge in [-0.3, -0.25) is 14.4 Å². The average Bonchev–Trinajstić information content (AvgIpc) is 2.72. The molecule has 2 N–H and O–H groups in total. The highest BCUT2D eigenvalue weighted by Gasteiger charge is 2.29. The first kappa shape index (κ1) is 16.3. The Morgan fingerprint density at radius 3 is 2.83 bits per heavy atom. The van der Waals surface area contributed by atoms with Crippen molar-refractivity contribution in [1.29, 1.82) is 0 Å². The first-order valence-electron chi connectivity index (χ1n) is 8.13. The summed E-state index contributed by atoms with van der Waals surface area (Å²) < 4.78 is 0. The molecule has 1 atom stereocenters. The van der Waals surface area contributed by atoms with Crippen LogP contribution >= 0.6 is 0 Å². The number of carbonyl (C=O) groups is 3. The highest BCUT2D eigenvalue weighted by molar-refractivity contribution is 6.01. The molecule has 7 heteroatoms. The van der Waals surface area contributed by atoms with Gasteiger partial charge in [0.25, 0.3) is 5.91 Å². The summed E-state index contributed by atoms with van der Waals surface area (Å²) >= 11 is 0. The highest BCUT2D eigenvalue weighted by Crippen LogP contribution is 2.30. The fourth-order valence-electron chi connectivity index (χ4n) is 3.25. The second kappa shape index (κ2) is 6.51. The molecule has 1 aromatic carbocycles. The van der Waals surface area contributed by atoms with Crippen LogP contribution < -0.4 is 10.2 Å². The third-order valence-corrected chi connectivity index (χ3v) is 4.66. The lowest BCUT2D eigenvalue weighted by Gasteiger charge is -2.31. The molecule has 3 rings (SSSR count). The van der Waals surface area contributed by atoms with Crippen LogP contribution in [0.2, 0.25) is 0 Å². The number of hydrogen-bond donors (Lipinski definition) is 2. The van der Waals surface area contributed by atoms with E-state index >= 15 is 0 Å². The van der Waals surface area contributed by atoms with Gasteiger partial charge in [0.15, 0.2) is 0 Å². The quantitative estimate of drug-likeness (QED) is 0.855. The van der Waals surface area contributed by atoms with Crippen LogP contribution in [0.3, 0.4) is 0 Å². The number of fused-ring (bicyclic) bond motifs is 1. The second-order valence-electron chi connectivity index (χ2n) is 6.38. The monoisotopic (exact) mass is 331 g/mol. The van der Waals surface area contributed by atoms with Crippen LogP contribution in [0.25, 0.3) is 0 Å². The molecule has 0 spiro atoms. The van der Waals surface area contributed by atoms with E-state index in [2.05, 4.69) is 5.32 Å². The van der Waals surface area contributed by atoms with Crippen molar-refractivity contribution in [3.8, 4) is 0 Å². The van der Waals surface area contributed by atoms with Crippen LogP contribution in [0.5, 0.6) is 0 Å². The van der Waals surface area contributed by atoms with Gasteiger partial charge in [-0.25, -0.2) is 0 Å². The zero-order valence-electron chi connectivity index (χ0n) is 13.6. The maximum Gasteiger partial charge on any atom is 0.308 e. The molecule has 2 aliphatic rings. The number of aliphatic carboxylic acids is 1. The number of piperidine rings is 1. The Morgan fingerprint density at radius 1 is 1.29 bits per heavy atom. The number of carboxylic acid groups (broad SMARTS) is 1. The molecule has 0 aromatic heterocycles. The zero-order chi connectivity index (χ0) is 17.3. The first-order chi connectivity index (χ1) is 11.5. The van der Waals surface area contributed by atoms with Crippen LogP contribution in [-0.2, 0) is 9.59 Å². The summed E-state index contributed by atoms with van der Waals surface area (Å²) in [6.07, 6.45) is 1.69. The molecule has 7 nitrogen and oxygen atoms in total. The maximum atomic E-state index is 12.7. The van der Waals surface area contributed by atoms with E-state index in [1.165, 1.54) is 0 Å². The van der Waals surface area contributed by atoms with Gasteiger partial charge in [0.1, 0.15) is 0 Å². The van der Waals surface area contributed by atoms with Crippen molar-refractivity contribution in [1.82, 2.24) is 4.90 Å². The SMILES string of the molecule is CN1CCC(=O)Nc2cc(C(=O)N3CCCC(C(=O)O)C3)ccc21. The van der Waals surface area contributed by atoms with Gasteiger partial charge in [0.2, 0.25) is 5.91 Å². The molecule has 0 bridgehead atoms. The van der Waals surface area contributed by atoms with Crippen molar-refractivity contribution in [2.45, 2.75) is 19.3 Å². The molecule has 2 heterocycles. The summed E-state index contributed by atoms with van der Waals surface area (Å²) in [5.74, 6) is -1.63. The zero-order valence-corrected chi connectivity index (χ0v) is 13.6. The number of rotatable bonds is 2. The molecule has 1 unspecified atom stereocenters. The predicted molar refractivity (Wildman–Crippen MR) is 89.2 cm³/mol. The summed E-state index contributed by atoms with van der Waals surface area (Å²) in [6.45, 7) is 1.42. The fraction of sp³-hybridized carbons (Fsp3) is 0.471. The molecular formula is C17H21N3O4. The van der Waals surface area contributed by atoms with Crippen molar-refractivity contribution >= 4 is 29.2 Å². The Bertz CT molecular complexity index is 688. The van der Waals surface area contributed by atoms with Crippen molar-refractivity contribution in [2.75, 3.05) is 36.9 Å². The fourth-order valence-corrected chi connectivity index (χ4v) is 3.25. The molecular weight excluding hydrogens is 310 g/mol. The van der Waals surface area contributed by atoms with E-state index in [9.17, 15) is 14.4 Å². The minimum atomic E-state index is -0.858. The number of nitrogens with one attached hydrogen (secondary N) is 1. The van der Waals surface area contributed by atoms with E-state index < -0.39 is 11.9 Å². The van der Waals surface area contributed by atoms with E-state index in [-0.39, 0.29) is 18.4 Å². The Hall–Kier alpha value is -2.57. The van der Waals surface area contributed by atoms with Gasteiger partial charge in [-0.05, 0) is 31.0 Å². The Balaban J connectivity index is 1.83. The number of nitrogens with zero attached hydrogens (tertiary/aromatic N) is 2. The normalized spacial score (nSPS) is 20.9. The number of benzene rings is 1. The summed E-state index contributed by atoms with van der Waals surface area (Å²) in [4.78, 5) is 39.2. The number of likely N-dealkylation sites (tertiary alicyclic amines) is 1. The van der Waals surface area contributed by atoms with Crippen molar-refractivity contribution in [3.05, 3.63) is 23.8 Å². The van der Waals surface area contributed by atoms with Crippen molar-refractivity contribution in [2.24, 2.45) is 5.92 Å². The number of hydrogen-bond acceptors (Lipinski definition) is 4. The van der Waals surface area contributed by atoms with Crippen LogP contribution in [-0.4, -0.2) is 54.5 Å². The van der Waals surface area contributed by atoms with Gasteiger partial charge in [-0.1, -0.05) is 0 Å². The number of carboxylic acids is 1. The summed E-state index contributed by atoms with van der Waals surface area (Å²) in [6, 6.07) is 5.24. The van der Waals surface area contributed by atoms with Gasteiger partial charge in [0.05, 0.1) is 17.3 Å². The number of carbonyl (C=O) groups excluding carboxylic acids is 2. The summed E-state index contributed by atoms with van der Waals surface area (Å²) in [5.41, 5.74) is 1.97. The predicted octanol–water partition coefficient (Wildman–Crippen LogP) is 1.40. The molecule has 0 saturated carbocycles. The molecule has 2 aliphatic heterocycles. The first-order valence-corrected chi connectivity index (χ1v) is 8.13. The Labute approximate surface area is 140 Å². The van der Waals surface area contributed by atoms with Crippen molar-refractivity contribution < 1.29 is 19.5 Å². The molecule has 1 saturated heterocycles. The third kappa shape index (κ3) is 3.20. The van der Waals surface area contributed by atoms with Crippen LogP contribution in [0.15, 0.2) is 18.2 Å². The minimum Gasteiger partial charge on any atom is -0.481 e. The molecule has 1 aromatic rings. The lowest BCUT2D eigenvalue weighted by Crippen LogP contribution is -2.42.